The summed E-state index contributed by atoms with van der Waals surface area (Å²) in [6.07, 6.45) is 4.23. The number of ether oxygens (including phenoxy) is 1. The van der Waals surface area contributed by atoms with Crippen LogP contribution in [0.5, 0.6) is 5.75 Å². The second-order valence-corrected chi connectivity index (χ2v) is 8.62. The molecule has 7 nitrogen and oxygen atoms in total. The maximum atomic E-state index is 12.2. The topological polar surface area (TPSA) is 87.0 Å². The molecule has 0 aliphatic heterocycles. The number of methoxy groups -OCH3 is 1. The third-order valence-corrected chi connectivity index (χ3v) is 6.53. The fourth-order valence-corrected chi connectivity index (χ4v) is 4.41. The summed E-state index contributed by atoms with van der Waals surface area (Å²) in [5.41, 5.74) is 5.14. The maximum Gasteiger partial charge on any atom is 0.183 e. The molecule has 0 spiro atoms. The zero-order valence-corrected chi connectivity index (χ0v) is 18.3. The van der Waals surface area contributed by atoms with E-state index in [1.165, 1.54) is 0 Å². The van der Waals surface area contributed by atoms with E-state index < -0.39 is 10.8 Å². The Morgan fingerprint density at radius 2 is 1.94 bits per heavy atom. The minimum Gasteiger partial charge on any atom is -0.496 e. The predicted octanol–water partition coefficient (Wildman–Crippen LogP) is 4.13. The lowest BCUT2D eigenvalue weighted by molar-refractivity contribution is 0.112. The molecule has 2 heterocycles. The number of rotatable bonds is 7. The normalized spacial score (nSPS) is 12.1. The fraction of sp³-hybridized carbons (Fsp3) is 0.217. The van der Waals surface area contributed by atoms with Crippen LogP contribution in [0.4, 0.5) is 0 Å². The molecule has 0 saturated carbocycles. The van der Waals surface area contributed by atoms with Gasteiger partial charge in [-0.05, 0) is 42.3 Å². The van der Waals surface area contributed by atoms with E-state index in [2.05, 4.69) is 15.2 Å². The van der Waals surface area contributed by atoms with Crippen LogP contribution >= 0.6 is 0 Å². The molecule has 0 fully saturated rings. The van der Waals surface area contributed by atoms with Gasteiger partial charge in [0.1, 0.15) is 11.3 Å². The van der Waals surface area contributed by atoms with Gasteiger partial charge in [-0.15, -0.1) is 5.10 Å². The smallest absolute Gasteiger partial charge is 0.183 e. The molecule has 8 heteroatoms. The Morgan fingerprint density at radius 1 is 1.10 bits per heavy atom. The summed E-state index contributed by atoms with van der Waals surface area (Å²) in [7, 11) is 0.453. The quantitative estimate of drug-likeness (QED) is 0.407. The molecule has 0 aliphatic rings. The molecule has 31 heavy (non-hydrogen) atoms. The highest BCUT2D eigenvalue weighted by atomic mass is 32.2. The molecule has 0 amide bonds. The highest BCUT2D eigenvalue weighted by Crippen LogP contribution is 2.37. The predicted molar refractivity (Wildman–Crippen MR) is 121 cm³/mol. The first-order valence-corrected chi connectivity index (χ1v) is 11.3. The van der Waals surface area contributed by atoms with Crippen molar-refractivity contribution in [3.05, 3.63) is 54.5 Å². The Hall–Kier alpha value is -3.39. The van der Waals surface area contributed by atoms with Gasteiger partial charge in [-0.3, -0.25) is 9.00 Å². The molecule has 0 saturated heterocycles. The van der Waals surface area contributed by atoms with E-state index in [0.717, 1.165) is 40.7 Å². The van der Waals surface area contributed by atoms with Crippen LogP contribution in [0.15, 0.2) is 53.8 Å². The van der Waals surface area contributed by atoms with Gasteiger partial charge in [-0.2, -0.15) is 5.10 Å². The summed E-state index contributed by atoms with van der Waals surface area (Å²) < 4.78 is 19.7. The average molecular weight is 435 g/mol. The van der Waals surface area contributed by atoms with Crippen molar-refractivity contribution in [3.8, 4) is 28.0 Å². The largest absolute Gasteiger partial charge is 0.496 e. The number of aromatic nitrogens is 4. The summed E-state index contributed by atoms with van der Waals surface area (Å²) in [5, 5.41) is 8.38. The van der Waals surface area contributed by atoms with E-state index in [-0.39, 0.29) is 0 Å². The number of hydrogen-bond donors (Lipinski definition) is 0. The molecular weight excluding hydrogens is 412 g/mol. The lowest BCUT2D eigenvalue weighted by Crippen LogP contribution is -1.98. The summed E-state index contributed by atoms with van der Waals surface area (Å²) in [6.45, 7) is 4.62. The third-order valence-electron chi connectivity index (χ3n) is 5.22. The third kappa shape index (κ3) is 3.74. The zero-order valence-electron chi connectivity index (χ0n) is 17.5. The molecule has 1 unspecified atom stereocenters. The number of aryl methyl sites for hydroxylation is 1. The van der Waals surface area contributed by atoms with Gasteiger partial charge in [0, 0.05) is 33.9 Å². The number of benzene rings is 2. The maximum absolute atomic E-state index is 12.2. The van der Waals surface area contributed by atoms with Gasteiger partial charge >= 0.3 is 0 Å². The second-order valence-electron chi connectivity index (χ2n) is 6.88. The minimum absolute atomic E-state index is 0.461. The summed E-state index contributed by atoms with van der Waals surface area (Å²) in [6, 6.07) is 11.1. The Kier molecular flexibility index (Phi) is 5.90. The number of nitrogens with zero attached hydrogens (tertiary/aromatic N) is 4. The number of imidazole rings is 1. The van der Waals surface area contributed by atoms with Crippen LogP contribution in [-0.4, -0.2) is 43.1 Å². The number of aldehydes is 1. The minimum atomic E-state index is -1.14. The van der Waals surface area contributed by atoms with Crippen molar-refractivity contribution >= 4 is 28.2 Å². The molecule has 0 N–H and O–H groups in total. The van der Waals surface area contributed by atoms with Crippen molar-refractivity contribution in [1.29, 1.82) is 0 Å². The van der Waals surface area contributed by atoms with Crippen LogP contribution in [0.3, 0.4) is 0 Å². The van der Waals surface area contributed by atoms with Crippen LogP contribution in [0.25, 0.3) is 33.4 Å². The SMILES string of the molecule is CCn1cnc2c(-c3ccc(OC)c(-c4ccc(S(=O)CC)cc4C=O)c3)cnnc21. The van der Waals surface area contributed by atoms with Crippen molar-refractivity contribution in [2.75, 3.05) is 12.9 Å². The van der Waals surface area contributed by atoms with Crippen LogP contribution < -0.4 is 4.74 Å². The molecule has 2 aromatic heterocycles. The van der Waals surface area contributed by atoms with E-state index >= 15 is 0 Å². The number of carbonyl (C=O) groups is 1. The molecule has 0 bridgehead atoms. The van der Waals surface area contributed by atoms with Crippen molar-refractivity contribution in [2.24, 2.45) is 0 Å². The molecule has 4 aromatic rings. The summed E-state index contributed by atoms with van der Waals surface area (Å²) in [5.74, 6) is 1.12. The Labute approximate surface area is 182 Å². The van der Waals surface area contributed by atoms with E-state index in [1.807, 2.05) is 42.7 Å². The fourth-order valence-electron chi connectivity index (χ4n) is 3.59. The molecule has 2 aromatic carbocycles. The molecule has 0 radical (unpaired) electrons. The van der Waals surface area contributed by atoms with Crippen LogP contribution in [-0.2, 0) is 17.3 Å². The average Bonchev–Trinajstić information content (AvgIpc) is 3.26. The van der Waals surface area contributed by atoms with Crippen LogP contribution in [0.2, 0.25) is 0 Å². The van der Waals surface area contributed by atoms with Crippen molar-refractivity contribution in [3.63, 3.8) is 0 Å². The molecule has 1 atom stereocenters. The van der Waals surface area contributed by atoms with E-state index in [1.54, 1.807) is 31.8 Å². The summed E-state index contributed by atoms with van der Waals surface area (Å²) >= 11 is 0. The summed E-state index contributed by atoms with van der Waals surface area (Å²) in [4.78, 5) is 17.0. The monoisotopic (exact) mass is 434 g/mol. The molecule has 4 rings (SSSR count). The Balaban J connectivity index is 1.90. The standard InChI is InChI=1S/C23H22N4O3S/c1-4-27-14-24-22-20(12-25-26-23(22)27)15-6-9-21(30-3)19(11-15)18-8-7-17(31(29)5-2)10-16(18)13-28/h6-14H,4-5H2,1-3H3. The van der Waals surface area contributed by atoms with Crippen LogP contribution in [0.1, 0.15) is 24.2 Å². The molecule has 0 aliphatic carbocycles. The Morgan fingerprint density at radius 3 is 2.65 bits per heavy atom. The first-order valence-electron chi connectivity index (χ1n) is 9.94. The number of fused-ring (bicyclic) bond motifs is 1. The number of carbonyl (C=O) groups excluding carboxylic acids is 1. The highest BCUT2D eigenvalue weighted by Gasteiger charge is 2.16. The van der Waals surface area contributed by atoms with Gasteiger partial charge in [-0.25, -0.2) is 4.98 Å². The zero-order chi connectivity index (χ0) is 22.0. The van der Waals surface area contributed by atoms with Gasteiger partial charge < -0.3 is 9.30 Å². The first-order chi connectivity index (χ1) is 15.1. The van der Waals surface area contributed by atoms with Gasteiger partial charge in [0.2, 0.25) is 0 Å². The van der Waals surface area contributed by atoms with Gasteiger partial charge in [-0.1, -0.05) is 19.1 Å². The highest BCUT2D eigenvalue weighted by molar-refractivity contribution is 7.85. The van der Waals surface area contributed by atoms with E-state index in [4.69, 9.17) is 4.74 Å². The molecule has 158 valence electrons. The van der Waals surface area contributed by atoms with E-state index in [0.29, 0.717) is 27.5 Å². The second kappa shape index (κ2) is 8.77. The van der Waals surface area contributed by atoms with Gasteiger partial charge in [0.15, 0.2) is 11.9 Å². The van der Waals surface area contributed by atoms with Gasteiger partial charge in [0.25, 0.3) is 0 Å². The van der Waals surface area contributed by atoms with Crippen molar-refractivity contribution in [1.82, 2.24) is 19.7 Å². The lowest BCUT2D eigenvalue weighted by Gasteiger charge is -2.14. The van der Waals surface area contributed by atoms with Gasteiger partial charge in [0.05, 0.1) is 30.4 Å². The lowest BCUT2D eigenvalue weighted by atomic mass is 9.95. The van der Waals surface area contributed by atoms with E-state index in [9.17, 15) is 9.00 Å². The van der Waals surface area contributed by atoms with Crippen molar-refractivity contribution < 1.29 is 13.7 Å². The Bertz CT molecular complexity index is 1300. The molecular formula is C23H22N4O3S. The number of hydrogen-bond acceptors (Lipinski definition) is 6. The van der Waals surface area contributed by atoms with Crippen molar-refractivity contribution in [2.45, 2.75) is 25.3 Å². The first kappa shape index (κ1) is 20.9. The van der Waals surface area contributed by atoms with Crippen LogP contribution in [0, 0.1) is 0 Å².